The second kappa shape index (κ2) is 8.40. The summed E-state index contributed by atoms with van der Waals surface area (Å²) in [5, 5.41) is 2.35. The predicted molar refractivity (Wildman–Crippen MR) is 101 cm³/mol. The van der Waals surface area contributed by atoms with Crippen LogP contribution >= 0.6 is 0 Å². The molecule has 0 atom stereocenters. The van der Waals surface area contributed by atoms with Gasteiger partial charge in [0.2, 0.25) is 10.0 Å². The lowest BCUT2D eigenvalue weighted by Crippen LogP contribution is -2.48. The Bertz CT molecular complexity index is 1020. The largest absolute Gasteiger partial charge is 0.573 e. The van der Waals surface area contributed by atoms with Gasteiger partial charge in [0.25, 0.3) is 0 Å². The summed E-state index contributed by atoms with van der Waals surface area (Å²) >= 11 is 0. The number of piperazine rings is 1. The first-order chi connectivity index (χ1) is 14.1. The monoisotopic (exact) mass is 443 g/mol. The topological polar surface area (TPSA) is 96.4 Å². The molecular weight excluding hydrogens is 427 g/mol. The molecule has 30 heavy (non-hydrogen) atoms. The smallest absolute Gasteiger partial charge is 0.406 e. The third kappa shape index (κ3) is 4.94. The molecule has 2 aromatic rings. The second-order valence-corrected chi connectivity index (χ2v) is 8.29. The number of anilines is 1. The van der Waals surface area contributed by atoms with E-state index in [1.165, 1.54) is 16.4 Å². The summed E-state index contributed by atoms with van der Waals surface area (Å²) in [5.74, 6) is -1.37. The Labute approximate surface area is 169 Å². The highest BCUT2D eigenvalue weighted by atomic mass is 32.2. The number of nitrogens with zero attached hydrogens (tertiary/aromatic N) is 3. The molecule has 160 valence electrons. The van der Waals surface area contributed by atoms with Crippen LogP contribution in [-0.4, -0.2) is 51.2 Å². The van der Waals surface area contributed by atoms with E-state index in [1.807, 2.05) is 4.90 Å². The number of hydrogen-bond acceptors (Lipinski definition) is 6. The maximum Gasteiger partial charge on any atom is 0.573 e. The highest BCUT2D eigenvalue weighted by Crippen LogP contribution is 2.26. The fraction of sp³-hybridized carbons (Fsp3) is 0.278. The van der Waals surface area contributed by atoms with Gasteiger partial charge < -0.3 is 9.64 Å². The number of benzene rings is 2. The molecule has 0 saturated carbocycles. The van der Waals surface area contributed by atoms with Crippen LogP contribution in [0.5, 0.6) is 5.75 Å². The first-order valence-corrected chi connectivity index (χ1v) is 10.1. The summed E-state index contributed by atoms with van der Waals surface area (Å²) in [5.41, 5.74) is 0.913. The molecule has 8 nitrogen and oxygen atoms in total. The van der Waals surface area contributed by atoms with Crippen LogP contribution in [0.3, 0.4) is 0 Å². The van der Waals surface area contributed by atoms with E-state index >= 15 is 0 Å². The Hall–Kier alpha value is -2.99. The zero-order valence-electron chi connectivity index (χ0n) is 15.4. The van der Waals surface area contributed by atoms with E-state index in [0.717, 1.165) is 30.0 Å². The Morgan fingerprint density at radius 2 is 1.50 bits per heavy atom. The van der Waals surface area contributed by atoms with Gasteiger partial charge in [0.05, 0.1) is 4.90 Å². The molecular formula is C18H16F3N3O5S. The molecule has 0 radical (unpaired) electrons. The number of carbonyl (C=O) groups is 1. The molecule has 0 N–H and O–H groups in total. The van der Waals surface area contributed by atoms with Crippen LogP contribution in [0.2, 0.25) is 0 Å². The molecule has 1 aliphatic rings. The lowest BCUT2D eigenvalue weighted by molar-refractivity contribution is -0.274. The van der Waals surface area contributed by atoms with Crippen molar-refractivity contribution in [3.05, 3.63) is 59.0 Å². The molecule has 1 amide bonds. The average molecular weight is 443 g/mol. The maximum atomic E-state index is 12.7. The zero-order chi connectivity index (χ0) is 21.9. The highest BCUT2D eigenvalue weighted by Gasteiger charge is 2.32. The van der Waals surface area contributed by atoms with E-state index in [-0.39, 0.29) is 23.5 Å². The number of alkyl halides is 3. The third-order valence-corrected chi connectivity index (χ3v) is 6.41. The molecule has 2 aromatic carbocycles. The Morgan fingerprint density at radius 1 is 0.933 bits per heavy atom. The lowest BCUT2D eigenvalue weighted by atomic mass is 10.2. The van der Waals surface area contributed by atoms with Gasteiger partial charge in [0.1, 0.15) is 5.75 Å². The molecule has 12 heteroatoms. The van der Waals surface area contributed by atoms with Gasteiger partial charge in [-0.05, 0) is 48.5 Å². The summed E-state index contributed by atoms with van der Waals surface area (Å²) in [6, 6.07) is 10.3. The van der Waals surface area contributed by atoms with Crippen LogP contribution in [-0.2, 0) is 10.0 Å². The standard InChI is InChI=1S/C18H16F3N3O5S/c19-18(20,21)29-15-5-7-16(8-6-15)30(27,28)24-11-9-23(10-12-24)14-3-1-13(2-4-14)17(25)22-26/h1-8H,9-12H2. The van der Waals surface area contributed by atoms with Crippen LogP contribution in [0, 0.1) is 4.91 Å². The van der Waals surface area contributed by atoms with Crippen molar-refractivity contribution in [3.63, 3.8) is 0 Å². The normalized spacial score (nSPS) is 15.6. The van der Waals surface area contributed by atoms with Gasteiger partial charge in [0.15, 0.2) is 0 Å². The summed E-state index contributed by atoms with van der Waals surface area (Å²) in [7, 11) is -3.87. The number of sulfonamides is 1. The van der Waals surface area contributed by atoms with E-state index in [9.17, 15) is 31.3 Å². The van der Waals surface area contributed by atoms with Gasteiger partial charge in [-0.15, -0.1) is 18.1 Å². The van der Waals surface area contributed by atoms with Crippen molar-refractivity contribution < 1.29 is 31.1 Å². The number of hydrogen-bond donors (Lipinski definition) is 0. The number of carbonyl (C=O) groups excluding carboxylic acids is 1. The zero-order valence-corrected chi connectivity index (χ0v) is 16.2. The molecule has 0 aromatic heterocycles. The fourth-order valence-electron chi connectivity index (χ4n) is 3.02. The van der Waals surface area contributed by atoms with Gasteiger partial charge in [-0.2, -0.15) is 4.31 Å². The number of nitroso groups, excluding NO2 is 1. The molecule has 1 fully saturated rings. The first-order valence-electron chi connectivity index (χ1n) is 8.69. The SMILES string of the molecule is O=NC(=O)c1ccc(N2CCN(S(=O)(=O)c3ccc(OC(F)(F)F)cc3)CC2)cc1. The van der Waals surface area contributed by atoms with E-state index in [2.05, 4.69) is 9.91 Å². The van der Waals surface area contributed by atoms with Crippen molar-refractivity contribution in [2.75, 3.05) is 31.1 Å². The molecule has 0 spiro atoms. The van der Waals surface area contributed by atoms with Gasteiger partial charge in [-0.1, -0.05) is 0 Å². The molecule has 1 heterocycles. The van der Waals surface area contributed by atoms with Gasteiger partial charge >= 0.3 is 12.3 Å². The molecule has 3 rings (SSSR count). The van der Waals surface area contributed by atoms with E-state index in [1.54, 1.807) is 12.1 Å². The lowest BCUT2D eigenvalue weighted by Gasteiger charge is -2.35. The molecule has 1 aliphatic heterocycles. The van der Waals surface area contributed by atoms with Crippen molar-refractivity contribution >= 4 is 21.6 Å². The van der Waals surface area contributed by atoms with Crippen molar-refractivity contribution in [2.45, 2.75) is 11.3 Å². The molecule has 0 bridgehead atoms. The van der Waals surface area contributed by atoms with Crippen LogP contribution in [0.1, 0.15) is 10.4 Å². The number of ether oxygens (including phenoxy) is 1. The number of rotatable bonds is 5. The maximum absolute atomic E-state index is 12.7. The van der Waals surface area contributed by atoms with Crippen LogP contribution in [0.15, 0.2) is 58.6 Å². The Balaban J connectivity index is 1.65. The van der Waals surface area contributed by atoms with Gasteiger partial charge in [0, 0.05) is 42.6 Å². The van der Waals surface area contributed by atoms with E-state index in [0.29, 0.717) is 13.1 Å². The molecule has 0 aliphatic carbocycles. The number of halogens is 3. The highest BCUT2D eigenvalue weighted by molar-refractivity contribution is 7.89. The van der Waals surface area contributed by atoms with Crippen molar-refractivity contribution in [1.82, 2.24) is 4.31 Å². The average Bonchev–Trinajstić information content (AvgIpc) is 2.72. The minimum Gasteiger partial charge on any atom is -0.406 e. The van der Waals surface area contributed by atoms with Gasteiger partial charge in [-0.25, -0.2) is 8.42 Å². The number of amides is 1. The quantitative estimate of drug-likeness (QED) is 0.660. The van der Waals surface area contributed by atoms with E-state index < -0.39 is 28.0 Å². The molecule has 0 unspecified atom stereocenters. The van der Waals surface area contributed by atoms with Crippen LogP contribution < -0.4 is 9.64 Å². The van der Waals surface area contributed by atoms with Crippen LogP contribution in [0.25, 0.3) is 0 Å². The first kappa shape index (κ1) is 21.7. The Morgan fingerprint density at radius 3 is 2.00 bits per heavy atom. The summed E-state index contributed by atoms with van der Waals surface area (Å²) in [4.78, 5) is 23.3. The molecule has 1 saturated heterocycles. The summed E-state index contributed by atoms with van der Waals surface area (Å²) in [6.07, 6.45) is -4.86. The fourth-order valence-corrected chi connectivity index (χ4v) is 4.44. The third-order valence-electron chi connectivity index (χ3n) is 4.50. The second-order valence-electron chi connectivity index (χ2n) is 6.35. The predicted octanol–water partition coefficient (Wildman–Crippen LogP) is 3.00. The van der Waals surface area contributed by atoms with E-state index in [4.69, 9.17) is 0 Å². The van der Waals surface area contributed by atoms with Gasteiger partial charge in [-0.3, -0.25) is 4.79 Å². The minimum absolute atomic E-state index is 0.130. The van der Waals surface area contributed by atoms with Crippen molar-refractivity contribution in [1.29, 1.82) is 0 Å². The Kier molecular flexibility index (Phi) is 6.08. The van der Waals surface area contributed by atoms with Crippen molar-refractivity contribution in [2.24, 2.45) is 5.18 Å². The minimum atomic E-state index is -4.86. The summed E-state index contributed by atoms with van der Waals surface area (Å²) < 4.78 is 67.2. The van der Waals surface area contributed by atoms with Crippen LogP contribution in [0.4, 0.5) is 18.9 Å². The van der Waals surface area contributed by atoms with Crippen molar-refractivity contribution in [3.8, 4) is 5.75 Å². The summed E-state index contributed by atoms with van der Waals surface area (Å²) in [6.45, 7) is 1.07.